The summed E-state index contributed by atoms with van der Waals surface area (Å²) in [4.78, 5) is 5.85. The molecule has 0 fully saturated rings. The molecule has 2 aromatic rings. The largest absolute Gasteiger partial charge is 0.318 e. The maximum absolute atomic E-state index is 13.2. The average molecular weight is 280 g/mol. The summed E-state index contributed by atoms with van der Waals surface area (Å²) >= 11 is 1.60. The Bertz CT molecular complexity index is 586. The van der Waals surface area contributed by atoms with E-state index in [0.717, 1.165) is 42.1 Å². The van der Waals surface area contributed by atoms with E-state index in [0.29, 0.717) is 5.56 Å². The number of aryl methyl sites for hydroxylation is 2. The number of nitrogens with zero attached hydrogens (tertiary/aromatic N) is 1. The van der Waals surface area contributed by atoms with Gasteiger partial charge in [-0.15, -0.1) is 11.3 Å². The molecule has 1 aromatic carbocycles. The molecule has 2 nitrogen and oxygen atoms in total. The highest BCUT2D eigenvalue weighted by Gasteiger charge is 2.20. The summed E-state index contributed by atoms with van der Waals surface area (Å²) in [6, 6.07) is 3.30. The van der Waals surface area contributed by atoms with Gasteiger partial charge in [0, 0.05) is 4.88 Å². The van der Waals surface area contributed by atoms with Gasteiger partial charge in [-0.25, -0.2) is 13.8 Å². The Kier molecular flexibility index (Phi) is 3.33. The molecule has 3 rings (SSSR count). The first-order valence-electron chi connectivity index (χ1n) is 6.34. The smallest absolute Gasteiger partial charge is 0.159 e. The zero-order valence-electron chi connectivity index (χ0n) is 10.3. The molecule has 0 radical (unpaired) electrons. The SMILES string of the molecule is NC(c1ccc(F)c(F)c1)c1nc2c(s1)CCCC2. The maximum atomic E-state index is 13.2. The fourth-order valence-corrected chi connectivity index (χ4v) is 3.54. The molecule has 1 aliphatic carbocycles. The minimum Gasteiger partial charge on any atom is -0.318 e. The van der Waals surface area contributed by atoms with Gasteiger partial charge in [0.25, 0.3) is 0 Å². The molecular formula is C14H14F2N2S. The molecule has 19 heavy (non-hydrogen) atoms. The number of hydrogen-bond donors (Lipinski definition) is 1. The highest BCUT2D eigenvalue weighted by Crippen LogP contribution is 2.31. The van der Waals surface area contributed by atoms with Gasteiger partial charge in [0.15, 0.2) is 11.6 Å². The van der Waals surface area contributed by atoms with Gasteiger partial charge >= 0.3 is 0 Å². The van der Waals surface area contributed by atoms with Crippen molar-refractivity contribution in [2.24, 2.45) is 5.73 Å². The van der Waals surface area contributed by atoms with Crippen molar-refractivity contribution in [1.82, 2.24) is 4.98 Å². The van der Waals surface area contributed by atoms with Crippen LogP contribution in [0.1, 0.15) is 40.0 Å². The summed E-state index contributed by atoms with van der Waals surface area (Å²) < 4.78 is 26.2. The van der Waals surface area contributed by atoms with Gasteiger partial charge in [-0.3, -0.25) is 0 Å². The zero-order valence-corrected chi connectivity index (χ0v) is 11.1. The molecule has 0 saturated carbocycles. The van der Waals surface area contributed by atoms with E-state index < -0.39 is 17.7 Å². The predicted octanol–water partition coefficient (Wildman–Crippen LogP) is 3.35. The number of thiazole rings is 1. The highest BCUT2D eigenvalue weighted by atomic mass is 32.1. The number of aromatic nitrogens is 1. The van der Waals surface area contributed by atoms with Crippen LogP contribution < -0.4 is 5.73 Å². The Morgan fingerprint density at radius 1 is 1.16 bits per heavy atom. The van der Waals surface area contributed by atoms with Crippen LogP contribution in [0.5, 0.6) is 0 Å². The second-order valence-electron chi connectivity index (χ2n) is 4.78. The number of nitrogens with two attached hydrogens (primary N) is 1. The van der Waals surface area contributed by atoms with Gasteiger partial charge in [0.05, 0.1) is 11.7 Å². The molecule has 1 unspecified atom stereocenters. The summed E-state index contributed by atoms with van der Waals surface area (Å²) in [7, 11) is 0. The predicted molar refractivity (Wildman–Crippen MR) is 71.1 cm³/mol. The lowest BCUT2D eigenvalue weighted by molar-refractivity contribution is 0.506. The Labute approximate surface area is 114 Å². The third kappa shape index (κ3) is 2.40. The van der Waals surface area contributed by atoms with E-state index in [1.807, 2.05) is 0 Å². The van der Waals surface area contributed by atoms with Crippen molar-refractivity contribution in [3.63, 3.8) is 0 Å². The molecule has 0 bridgehead atoms. The van der Waals surface area contributed by atoms with Crippen LogP contribution in [0.25, 0.3) is 0 Å². The fraction of sp³-hybridized carbons (Fsp3) is 0.357. The molecule has 0 saturated heterocycles. The van der Waals surface area contributed by atoms with Gasteiger partial charge in [0.1, 0.15) is 5.01 Å². The minimum atomic E-state index is -0.866. The topological polar surface area (TPSA) is 38.9 Å². The van der Waals surface area contributed by atoms with Crippen LogP contribution in [0, 0.1) is 11.6 Å². The molecule has 2 N–H and O–H groups in total. The van der Waals surface area contributed by atoms with Crippen LogP contribution in [0.2, 0.25) is 0 Å². The second-order valence-corrected chi connectivity index (χ2v) is 5.90. The first kappa shape index (κ1) is 12.7. The van der Waals surface area contributed by atoms with E-state index in [9.17, 15) is 8.78 Å². The van der Waals surface area contributed by atoms with Crippen molar-refractivity contribution in [2.75, 3.05) is 0 Å². The monoisotopic (exact) mass is 280 g/mol. The van der Waals surface area contributed by atoms with Crippen molar-refractivity contribution in [2.45, 2.75) is 31.7 Å². The van der Waals surface area contributed by atoms with Crippen LogP contribution in [-0.4, -0.2) is 4.98 Å². The van der Waals surface area contributed by atoms with Gasteiger partial charge in [-0.05, 0) is 43.4 Å². The molecule has 1 heterocycles. The van der Waals surface area contributed by atoms with E-state index in [1.54, 1.807) is 11.3 Å². The van der Waals surface area contributed by atoms with Crippen molar-refractivity contribution < 1.29 is 8.78 Å². The Balaban J connectivity index is 1.92. The lowest BCUT2D eigenvalue weighted by atomic mass is 10.0. The maximum Gasteiger partial charge on any atom is 0.159 e. The van der Waals surface area contributed by atoms with Gasteiger partial charge < -0.3 is 5.73 Å². The first-order chi connectivity index (χ1) is 9.15. The van der Waals surface area contributed by atoms with Gasteiger partial charge in [-0.2, -0.15) is 0 Å². The van der Waals surface area contributed by atoms with Gasteiger partial charge in [0.2, 0.25) is 0 Å². The van der Waals surface area contributed by atoms with E-state index in [-0.39, 0.29) is 0 Å². The van der Waals surface area contributed by atoms with E-state index in [1.165, 1.54) is 17.4 Å². The average Bonchev–Trinajstić information content (AvgIpc) is 2.85. The lowest BCUT2D eigenvalue weighted by Crippen LogP contribution is -2.12. The summed E-state index contributed by atoms with van der Waals surface area (Å²) in [5, 5.41) is 0.790. The fourth-order valence-electron chi connectivity index (χ4n) is 2.35. The van der Waals surface area contributed by atoms with Crippen molar-refractivity contribution >= 4 is 11.3 Å². The third-order valence-corrected chi connectivity index (χ3v) is 4.67. The molecule has 100 valence electrons. The van der Waals surface area contributed by atoms with Crippen LogP contribution in [0.15, 0.2) is 18.2 Å². The van der Waals surface area contributed by atoms with E-state index in [4.69, 9.17) is 5.73 Å². The molecule has 0 spiro atoms. The summed E-state index contributed by atoms with van der Waals surface area (Å²) in [6.45, 7) is 0. The molecule has 0 amide bonds. The highest BCUT2D eigenvalue weighted by molar-refractivity contribution is 7.11. The third-order valence-electron chi connectivity index (χ3n) is 3.43. The van der Waals surface area contributed by atoms with Crippen LogP contribution in [0.4, 0.5) is 8.78 Å². The quantitative estimate of drug-likeness (QED) is 0.916. The van der Waals surface area contributed by atoms with E-state index in [2.05, 4.69) is 4.98 Å². The molecule has 1 atom stereocenters. The number of hydrogen-bond acceptors (Lipinski definition) is 3. The summed E-state index contributed by atoms with van der Waals surface area (Å²) in [5.74, 6) is -1.72. The summed E-state index contributed by atoms with van der Waals surface area (Å²) in [6.07, 6.45) is 4.40. The normalized spacial score (nSPS) is 16.2. The Morgan fingerprint density at radius 3 is 2.68 bits per heavy atom. The van der Waals surface area contributed by atoms with Crippen molar-refractivity contribution in [3.8, 4) is 0 Å². The molecular weight excluding hydrogens is 266 g/mol. The van der Waals surface area contributed by atoms with Crippen molar-refractivity contribution in [1.29, 1.82) is 0 Å². The number of rotatable bonds is 2. The van der Waals surface area contributed by atoms with Crippen LogP contribution >= 0.6 is 11.3 Å². The van der Waals surface area contributed by atoms with E-state index >= 15 is 0 Å². The standard InChI is InChI=1S/C14H14F2N2S/c15-9-6-5-8(7-10(9)16)13(17)14-18-11-3-1-2-4-12(11)19-14/h5-7,13H,1-4,17H2. The summed E-state index contributed by atoms with van der Waals surface area (Å²) in [5.41, 5.74) is 7.80. The molecule has 1 aromatic heterocycles. The van der Waals surface area contributed by atoms with Crippen LogP contribution in [-0.2, 0) is 12.8 Å². The zero-order chi connectivity index (χ0) is 13.4. The Morgan fingerprint density at radius 2 is 1.95 bits per heavy atom. The second kappa shape index (κ2) is 4.98. The van der Waals surface area contributed by atoms with Crippen LogP contribution in [0.3, 0.4) is 0 Å². The van der Waals surface area contributed by atoms with Gasteiger partial charge in [-0.1, -0.05) is 6.07 Å². The minimum absolute atomic E-state index is 0.481. The first-order valence-corrected chi connectivity index (χ1v) is 7.16. The molecule has 0 aliphatic heterocycles. The molecule has 1 aliphatic rings. The number of halogens is 2. The molecule has 5 heteroatoms. The number of fused-ring (bicyclic) bond motifs is 1. The van der Waals surface area contributed by atoms with Crippen molar-refractivity contribution in [3.05, 3.63) is 51.0 Å². The number of benzene rings is 1. The lowest BCUT2D eigenvalue weighted by Gasteiger charge is -2.09. The Hall–Kier alpha value is -1.33.